The Hall–Kier alpha value is -3.53. The summed E-state index contributed by atoms with van der Waals surface area (Å²) in [6, 6.07) is 14.4. The van der Waals surface area contributed by atoms with Gasteiger partial charge in [0, 0.05) is 6.54 Å². The first-order valence-electron chi connectivity index (χ1n) is 10.9. The molecule has 3 aromatic rings. The monoisotopic (exact) mass is 483 g/mol. The maximum Gasteiger partial charge on any atom is 0.321 e. The van der Waals surface area contributed by atoms with Crippen molar-refractivity contribution in [2.75, 3.05) is 26.5 Å². The Bertz CT molecular complexity index is 1110. The molecule has 34 heavy (non-hydrogen) atoms. The van der Waals surface area contributed by atoms with Crippen LogP contribution < -0.4 is 20.1 Å². The van der Waals surface area contributed by atoms with E-state index in [0.29, 0.717) is 34.9 Å². The summed E-state index contributed by atoms with van der Waals surface area (Å²) in [5, 5.41) is 14.2. The standard InChI is InChI=1S/C24H29N5O4S/c1-16(2)13-14-25-23(31)26-21(30)15-34-24-28-27-22(19-7-5-6-8-20(19)33-4)29(24)17-9-11-18(32-3)12-10-17/h5-12,16H,13-15H2,1-4H3,(H2,25,26,30,31). The number of amides is 3. The zero-order valence-electron chi connectivity index (χ0n) is 19.7. The molecule has 0 saturated carbocycles. The van der Waals surface area contributed by atoms with Gasteiger partial charge in [0.05, 0.1) is 31.2 Å². The molecule has 0 radical (unpaired) electrons. The van der Waals surface area contributed by atoms with Crippen molar-refractivity contribution in [1.29, 1.82) is 0 Å². The third kappa shape index (κ3) is 6.50. The van der Waals surface area contributed by atoms with Crippen molar-refractivity contribution in [2.45, 2.75) is 25.4 Å². The number of hydrogen-bond donors (Lipinski definition) is 2. The van der Waals surface area contributed by atoms with Crippen molar-refractivity contribution in [2.24, 2.45) is 5.92 Å². The van der Waals surface area contributed by atoms with Crippen LogP contribution in [0, 0.1) is 5.92 Å². The second kappa shape index (κ2) is 12.1. The number of carbonyl (C=O) groups excluding carboxylic acids is 2. The van der Waals surface area contributed by atoms with Crippen LogP contribution in [0.25, 0.3) is 17.1 Å². The number of hydrogen-bond acceptors (Lipinski definition) is 7. The number of urea groups is 1. The van der Waals surface area contributed by atoms with Crippen LogP contribution in [0.2, 0.25) is 0 Å². The van der Waals surface area contributed by atoms with Gasteiger partial charge in [0.2, 0.25) is 5.91 Å². The first-order chi connectivity index (χ1) is 16.4. The second-order valence-electron chi connectivity index (χ2n) is 7.82. The molecule has 180 valence electrons. The topological polar surface area (TPSA) is 107 Å². The Kier molecular flexibility index (Phi) is 8.92. The van der Waals surface area contributed by atoms with Gasteiger partial charge in [-0.3, -0.25) is 14.7 Å². The highest BCUT2D eigenvalue weighted by Crippen LogP contribution is 2.33. The Morgan fingerprint density at radius 1 is 1.03 bits per heavy atom. The Morgan fingerprint density at radius 2 is 1.76 bits per heavy atom. The van der Waals surface area contributed by atoms with E-state index in [1.165, 1.54) is 11.8 Å². The summed E-state index contributed by atoms with van der Waals surface area (Å²) in [5.41, 5.74) is 1.55. The minimum Gasteiger partial charge on any atom is -0.497 e. The minimum atomic E-state index is -0.502. The molecule has 0 unspecified atom stereocenters. The number of ether oxygens (including phenoxy) is 2. The van der Waals surface area contributed by atoms with Gasteiger partial charge in [-0.15, -0.1) is 10.2 Å². The molecular weight excluding hydrogens is 454 g/mol. The van der Waals surface area contributed by atoms with Gasteiger partial charge >= 0.3 is 6.03 Å². The highest BCUT2D eigenvalue weighted by molar-refractivity contribution is 7.99. The van der Waals surface area contributed by atoms with E-state index in [-0.39, 0.29) is 5.75 Å². The molecule has 9 nitrogen and oxygen atoms in total. The molecule has 1 heterocycles. The molecule has 0 spiro atoms. The predicted molar refractivity (Wildman–Crippen MR) is 132 cm³/mol. The lowest BCUT2D eigenvalue weighted by atomic mass is 10.1. The molecule has 2 N–H and O–H groups in total. The number of rotatable bonds is 10. The molecule has 0 bridgehead atoms. The van der Waals surface area contributed by atoms with Crippen LogP contribution in [-0.2, 0) is 4.79 Å². The van der Waals surface area contributed by atoms with Crippen molar-refractivity contribution in [1.82, 2.24) is 25.4 Å². The molecule has 10 heteroatoms. The Morgan fingerprint density at radius 3 is 2.44 bits per heavy atom. The maximum atomic E-state index is 12.3. The van der Waals surface area contributed by atoms with E-state index in [2.05, 4.69) is 34.7 Å². The number of carbonyl (C=O) groups is 2. The van der Waals surface area contributed by atoms with Crippen molar-refractivity contribution in [3.8, 4) is 28.6 Å². The lowest BCUT2D eigenvalue weighted by Gasteiger charge is -2.13. The van der Waals surface area contributed by atoms with Gasteiger partial charge in [-0.1, -0.05) is 37.7 Å². The summed E-state index contributed by atoms with van der Waals surface area (Å²) in [4.78, 5) is 24.3. The summed E-state index contributed by atoms with van der Waals surface area (Å²) in [6.45, 7) is 4.65. The van der Waals surface area contributed by atoms with Crippen LogP contribution in [0.15, 0.2) is 53.7 Å². The number of thioether (sulfide) groups is 1. The summed E-state index contributed by atoms with van der Waals surface area (Å²) in [6.07, 6.45) is 0.840. The Balaban J connectivity index is 1.81. The number of nitrogens with zero attached hydrogens (tertiary/aromatic N) is 3. The quantitative estimate of drug-likeness (QED) is 0.421. The van der Waals surface area contributed by atoms with Crippen molar-refractivity contribution < 1.29 is 19.1 Å². The van der Waals surface area contributed by atoms with E-state index in [9.17, 15) is 9.59 Å². The third-order valence-electron chi connectivity index (χ3n) is 4.90. The average Bonchev–Trinajstić information content (AvgIpc) is 3.26. The first-order valence-corrected chi connectivity index (χ1v) is 11.8. The number of para-hydroxylation sites is 1. The van der Waals surface area contributed by atoms with Gasteiger partial charge in [0.15, 0.2) is 11.0 Å². The van der Waals surface area contributed by atoms with Crippen molar-refractivity contribution in [3.05, 3.63) is 48.5 Å². The molecule has 0 aliphatic rings. The van der Waals surface area contributed by atoms with E-state index < -0.39 is 11.9 Å². The van der Waals surface area contributed by atoms with E-state index >= 15 is 0 Å². The minimum absolute atomic E-state index is 0.00217. The first kappa shape index (κ1) is 25.1. The largest absolute Gasteiger partial charge is 0.497 e. The highest BCUT2D eigenvalue weighted by Gasteiger charge is 2.20. The van der Waals surface area contributed by atoms with Crippen molar-refractivity contribution >= 4 is 23.7 Å². The molecule has 2 aromatic carbocycles. The third-order valence-corrected chi connectivity index (χ3v) is 5.83. The van der Waals surface area contributed by atoms with Gasteiger partial charge in [-0.05, 0) is 48.7 Å². The van der Waals surface area contributed by atoms with E-state index in [4.69, 9.17) is 9.47 Å². The van der Waals surface area contributed by atoms with Gasteiger partial charge in [-0.2, -0.15) is 0 Å². The van der Waals surface area contributed by atoms with Crippen LogP contribution in [0.3, 0.4) is 0 Å². The predicted octanol–water partition coefficient (Wildman–Crippen LogP) is 3.92. The lowest BCUT2D eigenvalue weighted by molar-refractivity contribution is -0.117. The molecule has 0 fully saturated rings. The number of aromatic nitrogens is 3. The SMILES string of the molecule is COc1ccc(-n2c(SCC(=O)NC(=O)NCCC(C)C)nnc2-c2ccccc2OC)cc1. The number of methoxy groups -OCH3 is 2. The lowest BCUT2D eigenvalue weighted by Crippen LogP contribution is -2.40. The molecular formula is C24H29N5O4S. The summed E-state index contributed by atoms with van der Waals surface area (Å²) in [7, 11) is 3.20. The molecule has 0 aliphatic carbocycles. The van der Waals surface area contributed by atoms with Gasteiger partial charge in [0.25, 0.3) is 0 Å². The molecule has 0 saturated heterocycles. The second-order valence-corrected chi connectivity index (χ2v) is 8.76. The Labute approximate surface area is 203 Å². The summed E-state index contributed by atoms with van der Waals surface area (Å²) < 4.78 is 12.6. The van der Waals surface area contributed by atoms with E-state index in [0.717, 1.165) is 17.7 Å². The molecule has 3 amide bonds. The maximum absolute atomic E-state index is 12.3. The summed E-state index contributed by atoms with van der Waals surface area (Å²) >= 11 is 1.18. The van der Waals surface area contributed by atoms with Crippen LogP contribution >= 0.6 is 11.8 Å². The zero-order valence-corrected chi connectivity index (χ0v) is 20.5. The van der Waals surface area contributed by atoms with Crippen molar-refractivity contribution in [3.63, 3.8) is 0 Å². The smallest absolute Gasteiger partial charge is 0.321 e. The fraction of sp³-hybridized carbons (Fsp3) is 0.333. The summed E-state index contributed by atoms with van der Waals surface area (Å²) in [5.74, 6) is 1.97. The van der Waals surface area contributed by atoms with Crippen LogP contribution in [-0.4, -0.2) is 53.2 Å². The highest BCUT2D eigenvalue weighted by atomic mass is 32.2. The van der Waals surface area contributed by atoms with Crippen LogP contribution in [0.5, 0.6) is 11.5 Å². The average molecular weight is 484 g/mol. The number of imide groups is 1. The molecule has 0 aliphatic heterocycles. The molecule has 0 atom stereocenters. The zero-order chi connectivity index (χ0) is 24.5. The fourth-order valence-corrected chi connectivity index (χ4v) is 3.89. The normalized spacial score (nSPS) is 10.7. The number of nitrogens with one attached hydrogen (secondary N) is 2. The van der Waals surface area contributed by atoms with Crippen LogP contribution in [0.1, 0.15) is 20.3 Å². The van der Waals surface area contributed by atoms with Gasteiger partial charge < -0.3 is 14.8 Å². The van der Waals surface area contributed by atoms with E-state index in [1.807, 2.05) is 53.1 Å². The van der Waals surface area contributed by atoms with E-state index in [1.54, 1.807) is 14.2 Å². The number of benzene rings is 2. The van der Waals surface area contributed by atoms with Gasteiger partial charge in [-0.25, -0.2) is 4.79 Å². The van der Waals surface area contributed by atoms with Crippen LogP contribution in [0.4, 0.5) is 4.79 Å². The molecule has 3 rings (SSSR count). The fourth-order valence-electron chi connectivity index (χ4n) is 3.14. The molecule has 1 aromatic heterocycles. The van der Waals surface area contributed by atoms with Gasteiger partial charge in [0.1, 0.15) is 11.5 Å².